The van der Waals surface area contributed by atoms with Crippen LogP contribution in [0.1, 0.15) is 52.7 Å². The number of nitrogens with one attached hydrogen (secondary N) is 2. The second-order valence-electron chi connectivity index (χ2n) is 7.58. The van der Waals surface area contributed by atoms with Gasteiger partial charge in [0.15, 0.2) is 5.13 Å². The molecule has 2 aromatic rings. The zero-order valence-corrected chi connectivity index (χ0v) is 17.2. The minimum atomic E-state index is -0.981. The Balaban J connectivity index is 1.63. The molecule has 2 aromatic heterocycles. The summed E-state index contributed by atoms with van der Waals surface area (Å²) in [5.41, 5.74) is 1.47. The monoisotopic (exact) mass is 418 g/mol. The van der Waals surface area contributed by atoms with E-state index in [1.807, 2.05) is 0 Å². The number of nitrogens with zero attached hydrogens (tertiary/aromatic N) is 4. The quantitative estimate of drug-likeness (QED) is 0.578. The van der Waals surface area contributed by atoms with Crippen molar-refractivity contribution >= 4 is 34.2 Å². The third kappa shape index (κ3) is 4.65. The summed E-state index contributed by atoms with van der Waals surface area (Å²) in [5.74, 6) is 0.661. The number of aryl methyl sites for hydroxylation is 1. The van der Waals surface area contributed by atoms with Gasteiger partial charge in [-0.15, -0.1) is 0 Å². The van der Waals surface area contributed by atoms with Crippen molar-refractivity contribution in [1.29, 1.82) is 0 Å². The number of carboxylic acid groups (broad SMARTS) is 1. The molecule has 0 aliphatic carbocycles. The molecule has 0 atom stereocenters. The Morgan fingerprint density at radius 2 is 1.93 bits per heavy atom. The average molecular weight is 419 g/mol. The van der Waals surface area contributed by atoms with Crippen molar-refractivity contribution < 1.29 is 15.0 Å². The molecule has 2 saturated heterocycles. The first-order valence-electron chi connectivity index (χ1n) is 10.00. The topological polar surface area (TPSA) is 124 Å². The maximum atomic E-state index is 11.3. The van der Waals surface area contributed by atoms with Gasteiger partial charge in [0.25, 0.3) is 0 Å². The second kappa shape index (κ2) is 8.60. The number of rotatable bonds is 5. The summed E-state index contributed by atoms with van der Waals surface area (Å²) in [6.07, 6.45) is 3.25. The van der Waals surface area contributed by atoms with Crippen molar-refractivity contribution in [2.75, 3.05) is 36.4 Å². The average Bonchev–Trinajstić information content (AvgIpc) is 3.09. The third-order valence-electron chi connectivity index (χ3n) is 5.49. The molecule has 2 aliphatic rings. The number of aliphatic hydroxyl groups is 1. The van der Waals surface area contributed by atoms with Gasteiger partial charge >= 0.3 is 5.97 Å². The van der Waals surface area contributed by atoms with E-state index in [2.05, 4.69) is 31.6 Å². The fourth-order valence-electron chi connectivity index (χ4n) is 3.84. The van der Waals surface area contributed by atoms with Crippen molar-refractivity contribution in [1.82, 2.24) is 20.3 Å². The van der Waals surface area contributed by atoms with Gasteiger partial charge in [0.1, 0.15) is 10.7 Å². The second-order valence-corrected chi connectivity index (χ2v) is 8.58. The number of carboxylic acids is 1. The Bertz CT molecular complexity index is 875. The van der Waals surface area contributed by atoms with Crippen LogP contribution in [0.15, 0.2) is 6.07 Å². The highest BCUT2D eigenvalue weighted by Crippen LogP contribution is 2.30. The zero-order chi connectivity index (χ0) is 20.4. The van der Waals surface area contributed by atoms with E-state index in [0.717, 1.165) is 74.7 Å². The summed E-state index contributed by atoms with van der Waals surface area (Å²) in [5, 5.41) is 26.1. The maximum absolute atomic E-state index is 11.3. The zero-order valence-electron chi connectivity index (χ0n) is 16.4. The highest BCUT2D eigenvalue weighted by atomic mass is 32.1. The molecule has 0 unspecified atom stereocenters. The number of carbonyl (C=O) groups is 1. The van der Waals surface area contributed by atoms with Gasteiger partial charge in [-0.25, -0.2) is 14.8 Å². The Kier molecular flexibility index (Phi) is 5.93. The summed E-state index contributed by atoms with van der Waals surface area (Å²) in [6.45, 7) is 5.13. The largest absolute Gasteiger partial charge is 0.477 e. The molecule has 2 fully saturated rings. The van der Waals surface area contributed by atoms with Crippen LogP contribution in [0, 0.1) is 6.92 Å². The van der Waals surface area contributed by atoms with Gasteiger partial charge in [-0.2, -0.15) is 4.98 Å². The van der Waals surface area contributed by atoms with E-state index in [4.69, 9.17) is 4.98 Å². The predicted molar refractivity (Wildman–Crippen MR) is 111 cm³/mol. The van der Waals surface area contributed by atoms with E-state index in [9.17, 15) is 15.0 Å². The number of aliphatic hydroxyl groups excluding tert-OH is 1. The molecule has 0 saturated carbocycles. The van der Waals surface area contributed by atoms with E-state index in [1.54, 1.807) is 6.92 Å². The third-order valence-corrected chi connectivity index (χ3v) is 6.55. The van der Waals surface area contributed by atoms with Gasteiger partial charge in [0.05, 0.1) is 17.5 Å². The van der Waals surface area contributed by atoms with E-state index < -0.39 is 5.97 Å². The summed E-state index contributed by atoms with van der Waals surface area (Å²) in [7, 11) is 0. The number of anilines is 3. The highest BCUT2D eigenvalue weighted by Gasteiger charge is 2.23. The first-order valence-corrected chi connectivity index (χ1v) is 10.8. The summed E-state index contributed by atoms with van der Waals surface area (Å²) in [6, 6.07) is 2.06. The lowest BCUT2D eigenvalue weighted by Crippen LogP contribution is -2.36. The van der Waals surface area contributed by atoms with Crippen molar-refractivity contribution in [2.24, 2.45) is 0 Å². The predicted octanol–water partition coefficient (Wildman–Crippen LogP) is 2.11. The Hall–Kier alpha value is -2.30. The van der Waals surface area contributed by atoms with E-state index >= 15 is 0 Å². The lowest BCUT2D eigenvalue weighted by molar-refractivity contribution is 0.0701. The number of aromatic carboxylic acids is 1. The van der Waals surface area contributed by atoms with E-state index in [1.165, 1.54) is 0 Å². The van der Waals surface area contributed by atoms with Crippen molar-refractivity contribution in [3.05, 3.63) is 22.3 Å². The number of aromatic nitrogens is 3. The van der Waals surface area contributed by atoms with E-state index in [0.29, 0.717) is 22.7 Å². The van der Waals surface area contributed by atoms with Gasteiger partial charge in [-0.1, -0.05) is 11.3 Å². The number of piperidine rings is 2. The molecule has 29 heavy (non-hydrogen) atoms. The minimum absolute atomic E-state index is 0.215. The standard InChI is InChI=1S/C19H26N6O3S/c1-11-16(17(27)28)29-19(21-11)24-18-22-14(12-2-6-20-7-3-12)10-15(23-18)25-8-4-13(26)5-9-25/h10,12-13,20,26H,2-9H2,1H3,(H,27,28)(H,21,22,23,24). The minimum Gasteiger partial charge on any atom is -0.477 e. The van der Waals surface area contributed by atoms with Gasteiger partial charge in [0, 0.05) is 25.1 Å². The van der Waals surface area contributed by atoms with E-state index in [-0.39, 0.29) is 11.0 Å². The van der Waals surface area contributed by atoms with Gasteiger partial charge in [-0.3, -0.25) is 5.32 Å². The number of hydrogen-bond acceptors (Lipinski definition) is 9. The molecule has 9 nitrogen and oxygen atoms in total. The Morgan fingerprint density at radius 3 is 2.59 bits per heavy atom. The fraction of sp³-hybridized carbons (Fsp3) is 0.579. The molecule has 0 aromatic carbocycles. The Labute approximate surface area is 173 Å². The van der Waals surface area contributed by atoms with Gasteiger partial charge in [0.2, 0.25) is 5.95 Å². The molecular formula is C19H26N6O3S. The molecule has 0 amide bonds. The first-order chi connectivity index (χ1) is 14.0. The summed E-state index contributed by atoms with van der Waals surface area (Å²) >= 11 is 1.09. The van der Waals surface area contributed by atoms with Crippen LogP contribution in [0.4, 0.5) is 16.9 Å². The van der Waals surface area contributed by atoms with Crippen LogP contribution < -0.4 is 15.5 Å². The van der Waals surface area contributed by atoms with Crippen LogP contribution in [0.5, 0.6) is 0 Å². The normalized spacial score (nSPS) is 18.8. The van der Waals surface area contributed by atoms with Crippen LogP contribution in [-0.4, -0.2) is 63.4 Å². The molecule has 0 radical (unpaired) electrons. The summed E-state index contributed by atoms with van der Waals surface area (Å²) in [4.78, 5) is 27.4. The molecule has 0 spiro atoms. The van der Waals surface area contributed by atoms with Crippen LogP contribution >= 0.6 is 11.3 Å². The number of hydrogen-bond donors (Lipinski definition) is 4. The fourth-order valence-corrected chi connectivity index (χ4v) is 4.64. The molecule has 4 rings (SSSR count). The van der Waals surface area contributed by atoms with Crippen LogP contribution in [0.25, 0.3) is 0 Å². The molecular weight excluding hydrogens is 392 g/mol. The summed E-state index contributed by atoms with van der Waals surface area (Å²) < 4.78 is 0. The van der Waals surface area contributed by atoms with Crippen molar-refractivity contribution in [3.63, 3.8) is 0 Å². The highest BCUT2D eigenvalue weighted by molar-refractivity contribution is 7.17. The first kappa shape index (κ1) is 20.0. The molecule has 156 valence electrons. The number of thiazole rings is 1. The van der Waals surface area contributed by atoms with Crippen LogP contribution in [0.3, 0.4) is 0 Å². The van der Waals surface area contributed by atoms with Crippen LogP contribution in [0.2, 0.25) is 0 Å². The molecule has 10 heteroatoms. The lowest BCUT2D eigenvalue weighted by Gasteiger charge is -2.31. The molecule has 4 N–H and O–H groups in total. The maximum Gasteiger partial charge on any atom is 0.347 e. The van der Waals surface area contributed by atoms with Gasteiger partial charge < -0.3 is 20.4 Å². The van der Waals surface area contributed by atoms with Crippen molar-refractivity contribution in [2.45, 2.75) is 44.6 Å². The van der Waals surface area contributed by atoms with Gasteiger partial charge in [-0.05, 0) is 45.7 Å². The molecule has 2 aliphatic heterocycles. The molecule has 4 heterocycles. The lowest BCUT2D eigenvalue weighted by atomic mass is 9.94. The Morgan fingerprint density at radius 1 is 1.21 bits per heavy atom. The SMILES string of the molecule is Cc1nc(Nc2nc(C3CCNCC3)cc(N3CCC(O)CC3)n2)sc1C(=O)O. The molecule has 0 bridgehead atoms. The van der Waals surface area contributed by atoms with Crippen LogP contribution in [-0.2, 0) is 0 Å². The van der Waals surface area contributed by atoms with Crippen molar-refractivity contribution in [3.8, 4) is 0 Å². The smallest absolute Gasteiger partial charge is 0.347 e.